The fourth-order valence-electron chi connectivity index (χ4n) is 2.16. The summed E-state index contributed by atoms with van der Waals surface area (Å²) in [6, 6.07) is 5.10. The largest absolute Gasteiger partial charge is 0.334 e. The van der Waals surface area contributed by atoms with E-state index in [9.17, 15) is 4.79 Å². The summed E-state index contributed by atoms with van der Waals surface area (Å²) in [6.45, 7) is 2.45. The van der Waals surface area contributed by atoms with E-state index in [1.54, 1.807) is 21.8 Å². The van der Waals surface area contributed by atoms with E-state index in [1.165, 1.54) is 6.33 Å². The number of fused-ring (bicyclic) bond motifs is 1. The lowest BCUT2D eigenvalue weighted by Gasteiger charge is -2.14. The van der Waals surface area contributed by atoms with Gasteiger partial charge in [-0.3, -0.25) is 4.68 Å². The van der Waals surface area contributed by atoms with E-state index in [0.29, 0.717) is 12.2 Å². The van der Waals surface area contributed by atoms with Crippen molar-refractivity contribution in [3.8, 4) is 0 Å². The van der Waals surface area contributed by atoms with Gasteiger partial charge in [0.15, 0.2) is 0 Å². The van der Waals surface area contributed by atoms with Crippen molar-refractivity contribution in [2.24, 2.45) is 7.05 Å². The summed E-state index contributed by atoms with van der Waals surface area (Å²) in [5.74, 6) is 0. The third-order valence-electron chi connectivity index (χ3n) is 3.17. The van der Waals surface area contributed by atoms with Gasteiger partial charge >= 0.3 is 6.03 Å². The molecule has 3 rings (SSSR count). The van der Waals surface area contributed by atoms with Gasteiger partial charge in [-0.1, -0.05) is 5.21 Å². The average Bonchev–Trinajstić information content (AvgIpc) is 3.09. The minimum Gasteiger partial charge on any atom is -0.334 e. The number of nitrogens with zero attached hydrogens (tertiary/aromatic N) is 6. The highest BCUT2D eigenvalue weighted by Gasteiger charge is 2.09. The number of hydrogen-bond acceptors (Lipinski definition) is 5. The lowest BCUT2D eigenvalue weighted by molar-refractivity contribution is 0.247. The number of amides is 2. The molecule has 0 radical (unpaired) electrons. The summed E-state index contributed by atoms with van der Waals surface area (Å²) in [5.41, 5.74) is 2.31. The molecule has 9 nitrogen and oxygen atoms in total. The maximum absolute atomic E-state index is 12.0. The van der Waals surface area contributed by atoms with E-state index in [-0.39, 0.29) is 12.1 Å². The van der Waals surface area contributed by atoms with Crippen molar-refractivity contribution < 1.29 is 4.79 Å². The molecule has 3 aromatic rings. The summed E-state index contributed by atoms with van der Waals surface area (Å²) in [7, 11) is 1.82. The van der Waals surface area contributed by atoms with Gasteiger partial charge < -0.3 is 10.6 Å². The van der Waals surface area contributed by atoms with Gasteiger partial charge in [-0.25, -0.2) is 14.5 Å². The molecule has 1 unspecified atom stereocenters. The van der Waals surface area contributed by atoms with Gasteiger partial charge in [0, 0.05) is 18.8 Å². The Kier molecular flexibility index (Phi) is 3.69. The van der Waals surface area contributed by atoms with E-state index < -0.39 is 0 Å². The molecule has 9 heteroatoms. The second-order valence-electron chi connectivity index (χ2n) is 5.03. The van der Waals surface area contributed by atoms with Crippen LogP contribution in [0.4, 0.5) is 10.5 Å². The Hall–Kier alpha value is -2.97. The van der Waals surface area contributed by atoms with Crippen LogP contribution in [0.1, 0.15) is 6.92 Å². The van der Waals surface area contributed by atoms with Crippen LogP contribution in [0.25, 0.3) is 11.0 Å². The molecule has 1 aromatic carbocycles. The molecule has 0 spiro atoms. The standard InChI is InChI=1S/C13H16N8O/c1-9(6-21-8-14-7-15-21)16-13(22)17-10-3-4-12-11(5-10)18-19-20(12)2/h3-5,7-9H,6H2,1-2H3,(H2,16,17,22). The number of nitrogens with one attached hydrogen (secondary N) is 2. The van der Waals surface area contributed by atoms with Crippen LogP contribution >= 0.6 is 0 Å². The monoisotopic (exact) mass is 300 g/mol. The third-order valence-corrected chi connectivity index (χ3v) is 3.17. The molecular weight excluding hydrogens is 284 g/mol. The van der Waals surface area contributed by atoms with Gasteiger partial charge in [-0.2, -0.15) is 5.10 Å². The number of carbonyl (C=O) groups excluding carboxylic acids is 1. The second-order valence-corrected chi connectivity index (χ2v) is 5.03. The first-order valence-corrected chi connectivity index (χ1v) is 6.81. The van der Waals surface area contributed by atoms with Crippen molar-refractivity contribution in [2.45, 2.75) is 19.5 Å². The molecule has 1 atom stereocenters. The number of aromatic nitrogens is 6. The van der Waals surface area contributed by atoms with E-state index in [1.807, 2.05) is 26.1 Å². The Bertz CT molecular complexity index is 779. The molecule has 0 aliphatic rings. The van der Waals surface area contributed by atoms with Gasteiger partial charge in [0.2, 0.25) is 0 Å². The Morgan fingerprint density at radius 3 is 3.05 bits per heavy atom. The van der Waals surface area contributed by atoms with E-state index in [0.717, 1.165) is 11.0 Å². The molecule has 2 N–H and O–H groups in total. The molecule has 0 bridgehead atoms. The Morgan fingerprint density at radius 1 is 1.41 bits per heavy atom. The smallest absolute Gasteiger partial charge is 0.319 e. The van der Waals surface area contributed by atoms with Crippen LogP contribution in [0.5, 0.6) is 0 Å². The van der Waals surface area contributed by atoms with Crippen molar-refractivity contribution in [2.75, 3.05) is 5.32 Å². The number of benzene rings is 1. The number of rotatable bonds is 4. The van der Waals surface area contributed by atoms with Crippen LogP contribution in [-0.2, 0) is 13.6 Å². The van der Waals surface area contributed by atoms with E-state index in [4.69, 9.17) is 0 Å². The first kappa shape index (κ1) is 14.0. The summed E-state index contributed by atoms with van der Waals surface area (Å²) >= 11 is 0. The van der Waals surface area contributed by atoms with Gasteiger partial charge in [0.25, 0.3) is 0 Å². The van der Waals surface area contributed by atoms with Crippen LogP contribution in [0.3, 0.4) is 0 Å². The highest BCUT2D eigenvalue weighted by atomic mass is 16.2. The first-order chi connectivity index (χ1) is 10.6. The summed E-state index contributed by atoms with van der Waals surface area (Å²) in [6.07, 6.45) is 3.07. The molecule has 2 aromatic heterocycles. The second kappa shape index (κ2) is 5.80. The van der Waals surface area contributed by atoms with Gasteiger partial charge in [0.1, 0.15) is 18.2 Å². The zero-order valence-corrected chi connectivity index (χ0v) is 12.3. The highest BCUT2D eigenvalue weighted by molar-refractivity contribution is 5.91. The molecule has 22 heavy (non-hydrogen) atoms. The summed E-state index contributed by atoms with van der Waals surface area (Å²) in [5, 5.41) is 17.6. The van der Waals surface area contributed by atoms with Crippen molar-refractivity contribution in [3.63, 3.8) is 0 Å². The predicted molar refractivity (Wildman–Crippen MR) is 80.1 cm³/mol. The van der Waals surface area contributed by atoms with Crippen molar-refractivity contribution in [1.29, 1.82) is 0 Å². The lowest BCUT2D eigenvalue weighted by Crippen LogP contribution is -2.38. The summed E-state index contributed by atoms with van der Waals surface area (Å²) in [4.78, 5) is 15.8. The SMILES string of the molecule is CC(Cn1cncn1)NC(=O)Nc1ccc2c(c1)nnn2C. The fourth-order valence-corrected chi connectivity index (χ4v) is 2.16. The summed E-state index contributed by atoms with van der Waals surface area (Å²) < 4.78 is 3.34. The van der Waals surface area contributed by atoms with E-state index >= 15 is 0 Å². The first-order valence-electron chi connectivity index (χ1n) is 6.81. The van der Waals surface area contributed by atoms with Crippen LogP contribution in [-0.4, -0.2) is 41.8 Å². The molecule has 0 aliphatic carbocycles. The molecule has 0 aliphatic heterocycles. The number of anilines is 1. The number of aryl methyl sites for hydroxylation is 1. The van der Waals surface area contributed by atoms with Crippen molar-refractivity contribution in [1.82, 2.24) is 35.1 Å². The van der Waals surface area contributed by atoms with Gasteiger partial charge in [-0.15, -0.1) is 5.10 Å². The Morgan fingerprint density at radius 2 is 2.27 bits per heavy atom. The maximum Gasteiger partial charge on any atom is 0.319 e. The zero-order chi connectivity index (χ0) is 15.5. The van der Waals surface area contributed by atoms with Crippen molar-refractivity contribution in [3.05, 3.63) is 30.9 Å². The lowest BCUT2D eigenvalue weighted by atomic mass is 10.2. The number of urea groups is 1. The zero-order valence-electron chi connectivity index (χ0n) is 12.3. The third kappa shape index (κ3) is 3.03. The van der Waals surface area contributed by atoms with Crippen LogP contribution in [0.15, 0.2) is 30.9 Å². The minimum absolute atomic E-state index is 0.0815. The molecule has 114 valence electrons. The Balaban J connectivity index is 1.60. The average molecular weight is 300 g/mol. The predicted octanol–water partition coefficient (Wildman–Crippen LogP) is 0.770. The van der Waals surface area contributed by atoms with Crippen LogP contribution in [0.2, 0.25) is 0 Å². The van der Waals surface area contributed by atoms with Crippen LogP contribution in [0, 0.1) is 0 Å². The Labute approximate surface area is 126 Å². The highest BCUT2D eigenvalue weighted by Crippen LogP contribution is 2.16. The van der Waals surface area contributed by atoms with Gasteiger partial charge in [-0.05, 0) is 25.1 Å². The van der Waals surface area contributed by atoms with Gasteiger partial charge in [0.05, 0.1) is 12.1 Å². The molecule has 0 fully saturated rings. The quantitative estimate of drug-likeness (QED) is 0.741. The maximum atomic E-state index is 12.0. The van der Waals surface area contributed by atoms with Crippen molar-refractivity contribution >= 4 is 22.8 Å². The molecule has 2 heterocycles. The van der Waals surface area contributed by atoms with E-state index in [2.05, 4.69) is 31.0 Å². The minimum atomic E-state index is -0.282. The molecule has 0 saturated heterocycles. The number of hydrogen-bond donors (Lipinski definition) is 2. The van der Waals surface area contributed by atoms with Crippen LogP contribution < -0.4 is 10.6 Å². The fraction of sp³-hybridized carbons (Fsp3) is 0.308. The normalized spacial score (nSPS) is 12.3. The molecule has 2 amide bonds. The number of carbonyl (C=O) groups is 1. The topological polar surface area (TPSA) is 103 Å². The molecular formula is C13H16N8O. The molecule has 0 saturated carbocycles.